The van der Waals surface area contributed by atoms with Crippen LogP contribution in [0.5, 0.6) is 5.75 Å². The van der Waals surface area contributed by atoms with Crippen molar-refractivity contribution in [2.45, 2.75) is 6.92 Å². The van der Waals surface area contributed by atoms with Gasteiger partial charge in [-0.1, -0.05) is 0 Å². The van der Waals surface area contributed by atoms with Crippen molar-refractivity contribution < 1.29 is 13.9 Å². The lowest BCUT2D eigenvalue weighted by molar-refractivity contribution is 0.103. The third kappa shape index (κ3) is 2.84. The highest BCUT2D eigenvalue weighted by Crippen LogP contribution is 2.22. The Kier molecular flexibility index (Phi) is 4.00. The average Bonchev–Trinajstić information content (AvgIpc) is 2.41. The van der Waals surface area contributed by atoms with Gasteiger partial charge in [-0.3, -0.25) is 4.79 Å². The number of carbonyl (C=O) groups is 1. The minimum absolute atomic E-state index is 0.211. The van der Waals surface area contributed by atoms with Crippen LogP contribution in [-0.4, -0.2) is 12.9 Å². The van der Waals surface area contributed by atoms with E-state index in [2.05, 4.69) is 15.9 Å². The summed E-state index contributed by atoms with van der Waals surface area (Å²) in [4.78, 5) is 12.2. The molecule has 2 aromatic rings. The zero-order chi connectivity index (χ0) is 14.0. The van der Waals surface area contributed by atoms with E-state index in [1.54, 1.807) is 31.4 Å². The van der Waals surface area contributed by atoms with Gasteiger partial charge in [-0.05, 0) is 64.8 Å². The number of benzene rings is 2. The molecule has 0 heterocycles. The molecule has 0 bridgehead atoms. The summed E-state index contributed by atoms with van der Waals surface area (Å²) in [6, 6.07) is 9.49. The topological polar surface area (TPSA) is 26.3 Å². The Morgan fingerprint density at radius 1 is 1.16 bits per heavy atom. The number of hydrogen-bond acceptors (Lipinski definition) is 2. The smallest absolute Gasteiger partial charge is 0.193 e. The second-order valence-corrected chi connectivity index (χ2v) is 5.00. The van der Waals surface area contributed by atoms with Crippen LogP contribution >= 0.6 is 15.9 Å². The molecule has 0 aliphatic rings. The number of ketones is 1. The number of rotatable bonds is 3. The highest BCUT2D eigenvalue weighted by atomic mass is 79.9. The van der Waals surface area contributed by atoms with Crippen molar-refractivity contribution in [3.05, 3.63) is 63.4 Å². The van der Waals surface area contributed by atoms with Crippen LogP contribution in [-0.2, 0) is 0 Å². The molecule has 0 spiro atoms. The van der Waals surface area contributed by atoms with Gasteiger partial charge in [0.25, 0.3) is 0 Å². The van der Waals surface area contributed by atoms with Crippen molar-refractivity contribution in [1.29, 1.82) is 0 Å². The van der Waals surface area contributed by atoms with E-state index in [0.717, 1.165) is 11.3 Å². The Balaban J connectivity index is 2.38. The molecule has 0 saturated heterocycles. The first-order valence-corrected chi connectivity index (χ1v) is 6.46. The first kappa shape index (κ1) is 13.7. The summed E-state index contributed by atoms with van der Waals surface area (Å²) in [5, 5.41) is 0. The molecule has 0 radical (unpaired) electrons. The van der Waals surface area contributed by atoms with Crippen molar-refractivity contribution >= 4 is 21.7 Å². The van der Waals surface area contributed by atoms with Crippen LogP contribution in [0.3, 0.4) is 0 Å². The van der Waals surface area contributed by atoms with Crippen LogP contribution in [0.2, 0.25) is 0 Å². The molecule has 0 aliphatic carbocycles. The SMILES string of the molecule is COc1ccc(C(=O)c2ccc(Br)c(F)c2)cc1C. The Bertz CT molecular complexity index is 638. The molecule has 0 N–H and O–H groups in total. The number of carbonyl (C=O) groups excluding carboxylic acids is 1. The molecule has 4 heteroatoms. The van der Waals surface area contributed by atoms with Crippen molar-refractivity contribution in [2.75, 3.05) is 7.11 Å². The van der Waals surface area contributed by atoms with Gasteiger partial charge in [-0.2, -0.15) is 0 Å². The van der Waals surface area contributed by atoms with Gasteiger partial charge in [-0.25, -0.2) is 4.39 Å². The fourth-order valence-electron chi connectivity index (χ4n) is 1.82. The molecule has 2 aromatic carbocycles. The van der Waals surface area contributed by atoms with E-state index in [-0.39, 0.29) is 5.78 Å². The van der Waals surface area contributed by atoms with E-state index < -0.39 is 5.82 Å². The predicted octanol–water partition coefficient (Wildman–Crippen LogP) is 4.14. The number of hydrogen-bond donors (Lipinski definition) is 0. The molecule has 0 atom stereocenters. The van der Waals surface area contributed by atoms with Crippen LogP contribution in [0.4, 0.5) is 4.39 Å². The van der Waals surface area contributed by atoms with Crippen LogP contribution < -0.4 is 4.74 Å². The normalized spacial score (nSPS) is 10.3. The molecule has 2 rings (SSSR count). The van der Waals surface area contributed by atoms with Gasteiger partial charge in [0.05, 0.1) is 11.6 Å². The third-order valence-corrected chi connectivity index (χ3v) is 3.48. The van der Waals surface area contributed by atoms with Gasteiger partial charge in [-0.15, -0.1) is 0 Å². The molecule has 0 saturated carbocycles. The first-order chi connectivity index (χ1) is 9.02. The summed E-state index contributed by atoms with van der Waals surface area (Å²) in [5.41, 5.74) is 1.70. The van der Waals surface area contributed by atoms with Gasteiger partial charge < -0.3 is 4.74 Å². The Labute approximate surface area is 119 Å². The van der Waals surface area contributed by atoms with Crippen LogP contribution in [0.25, 0.3) is 0 Å². The molecule has 98 valence electrons. The number of methoxy groups -OCH3 is 1. The molecule has 2 nitrogen and oxygen atoms in total. The standard InChI is InChI=1S/C15H12BrFO2/c1-9-7-10(4-6-14(9)19-2)15(18)11-3-5-12(16)13(17)8-11/h3-8H,1-2H3. The Hall–Kier alpha value is -1.68. The van der Waals surface area contributed by atoms with E-state index >= 15 is 0 Å². The monoisotopic (exact) mass is 322 g/mol. The highest BCUT2D eigenvalue weighted by molar-refractivity contribution is 9.10. The van der Waals surface area contributed by atoms with E-state index in [1.807, 2.05) is 6.92 Å². The Morgan fingerprint density at radius 2 is 1.79 bits per heavy atom. The summed E-state index contributed by atoms with van der Waals surface area (Å²) in [7, 11) is 1.58. The van der Waals surface area contributed by atoms with Crippen molar-refractivity contribution in [1.82, 2.24) is 0 Å². The fourth-order valence-corrected chi connectivity index (χ4v) is 2.07. The average molecular weight is 323 g/mol. The number of halogens is 2. The zero-order valence-corrected chi connectivity index (χ0v) is 12.1. The quantitative estimate of drug-likeness (QED) is 0.794. The zero-order valence-electron chi connectivity index (χ0n) is 10.5. The van der Waals surface area contributed by atoms with Crippen molar-refractivity contribution in [2.24, 2.45) is 0 Å². The maximum atomic E-state index is 13.4. The van der Waals surface area contributed by atoms with E-state index in [9.17, 15) is 9.18 Å². The lowest BCUT2D eigenvalue weighted by Crippen LogP contribution is -2.03. The summed E-state index contributed by atoms with van der Waals surface area (Å²) in [6.45, 7) is 1.86. The molecule has 0 aliphatic heterocycles. The Morgan fingerprint density at radius 3 is 2.37 bits per heavy atom. The summed E-state index contributed by atoms with van der Waals surface area (Å²) < 4.78 is 18.9. The van der Waals surface area contributed by atoms with Crippen LogP contribution in [0, 0.1) is 12.7 Å². The molecule has 0 fully saturated rings. The largest absolute Gasteiger partial charge is 0.496 e. The van der Waals surface area contributed by atoms with E-state index in [4.69, 9.17) is 4.74 Å². The third-order valence-electron chi connectivity index (χ3n) is 2.84. The molecule has 0 unspecified atom stereocenters. The number of ether oxygens (including phenoxy) is 1. The van der Waals surface area contributed by atoms with Gasteiger partial charge in [0.15, 0.2) is 5.78 Å². The van der Waals surface area contributed by atoms with Gasteiger partial charge >= 0.3 is 0 Å². The van der Waals surface area contributed by atoms with Crippen LogP contribution in [0.1, 0.15) is 21.5 Å². The van der Waals surface area contributed by atoms with E-state index in [1.165, 1.54) is 12.1 Å². The fraction of sp³-hybridized carbons (Fsp3) is 0.133. The maximum Gasteiger partial charge on any atom is 0.193 e. The van der Waals surface area contributed by atoms with Gasteiger partial charge in [0, 0.05) is 11.1 Å². The van der Waals surface area contributed by atoms with Gasteiger partial charge in [0.2, 0.25) is 0 Å². The minimum atomic E-state index is -0.448. The molecule has 19 heavy (non-hydrogen) atoms. The van der Waals surface area contributed by atoms with Crippen molar-refractivity contribution in [3.8, 4) is 5.75 Å². The molecular formula is C15H12BrFO2. The molecule has 0 aromatic heterocycles. The van der Waals surface area contributed by atoms with Crippen molar-refractivity contribution in [3.63, 3.8) is 0 Å². The second-order valence-electron chi connectivity index (χ2n) is 4.14. The van der Waals surface area contributed by atoms with Gasteiger partial charge in [0.1, 0.15) is 11.6 Å². The lowest BCUT2D eigenvalue weighted by Gasteiger charge is -2.07. The summed E-state index contributed by atoms with van der Waals surface area (Å²) in [5.74, 6) is 0.0618. The number of aryl methyl sites for hydroxylation is 1. The maximum absolute atomic E-state index is 13.4. The lowest BCUT2D eigenvalue weighted by atomic mass is 10.0. The van der Waals surface area contributed by atoms with E-state index in [0.29, 0.717) is 15.6 Å². The second kappa shape index (κ2) is 5.53. The minimum Gasteiger partial charge on any atom is -0.496 e. The first-order valence-electron chi connectivity index (χ1n) is 5.67. The predicted molar refractivity (Wildman–Crippen MR) is 75.3 cm³/mol. The summed E-state index contributed by atoms with van der Waals surface area (Å²) >= 11 is 3.06. The highest BCUT2D eigenvalue weighted by Gasteiger charge is 2.12. The molecular weight excluding hydrogens is 311 g/mol. The van der Waals surface area contributed by atoms with Crippen LogP contribution in [0.15, 0.2) is 40.9 Å². The summed E-state index contributed by atoms with van der Waals surface area (Å²) in [6.07, 6.45) is 0. The molecule has 0 amide bonds.